The third kappa shape index (κ3) is 2.48. The van der Waals surface area contributed by atoms with Crippen LogP contribution >= 0.6 is 15.9 Å². The van der Waals surface area contributed by atoms with Gasteiger partial charge in [-0.05, 0) is 35.2 Å². The minimum Gasteiger partial charge on any atom is -0.550 e. The van der Waals surface area contributed by atoms with E-state index in [1.54, 1.807) is 12.4 Å². The largest absolute Gasteiger partial charge is 0.550 e. The van der Waals surface area contributed by atoms with Crippen LogP contribution in [0.3, 0.4) is 0 Å². The Balaban J connectivity index is 2.06. The SMILES string of the molecule is CCC1(C(=O)[O-])CCN(c2ncc(Br)cn2)CC1. The molecule has 0 spiro atoms. The number of halogens is 1. The Bertz CT molecular complexity index is 427. The third-order valence-electron chi connectivity index (χ3n) is 3.72. The number of carbonyl (C=O) groups is 1. The lowest BCUT2D eigenvalue weighted by atomic mass is 9.76. The van der Waals surface area contributed by atoms with E-state index in [-0.39, 0.29) is 0 Å². The second-order valence-electron chi connectivity index (χ2n) is 4.61. The normalized spacial score (nSPS) is 18.7. The molecule has 1 aliphatic rings. The van der Waals surface area contributed by atoms with Gasteiger partial charge in [-0.3, -0.25) is 0 Å². The second kappa shape index (κ2) is 5.22. The van der Waals surface area contributed by atoms with E-state index in [0.717, 1.165) is 4.47 Å². The Kier molecular flexibility index (Phi) is 3.85. The molecule has 98 valence electrons. The molecule has 2 heterocycles. The van der Waals surface area contributed by atoms with E-state index in [1.165, 1.54) is 0 Å². The summed E-state index contributed by atoms with van der Waals surface area (Å²) in [5.41, 5.74) is -0.675. The highest BCUT2D eigenvalue weighted by Crippen LogP contribution is 2.35. The minimum absolute atomic E-state index is 0.589. The number of hydrogen-bond acceptors (Lipinski definition) is 5. The van der Waals surface area contributed by atoms with E-state index >= 15 is 0 Å². The fourth-order valence-electron chi connectivity index (χ4n) is 2.31. The summed E-state index contributed by atoms with van der Waals surface area (Å²) < 4.78 is 0.834. The van der Waals surface area contributed by atoms with Crippen LogP contribution in [0, 0.1) is 5.41 Å². The topological polar surface area (TPSA) is 69.2 Å². The maximum absolute atomic E-state index is 11.2. The van der Waals surface area contributed by atoms with Crippen molar-refractivity contribution in [3.8, 4) is 0 Å². The number of carbonyl (C=O) groups excluding carboxylic acids is 1. The van der Waals surface area contributed by atoms with Crippen molar-refractivity contribution in [3.05, 3.63) is 16.9 Å². The van der Waals surface area contributed by atoms with Gasteiger partial charge in [-0.25, -0.2) is 9.97 Å². The molecule has 2 rings (SSSR count). The highest BCUT2D eigenvalue weighted by molar-refractivity contribution is 9.10. The van der Waals surface area contributed by atoms with Crippen molar-refractivity contribution in [2.24, 2.45) is 5.41 Å². The summed E-state index contributed by atoms with van der Waals surface area (Å²) >= 11 is 3.29. The maximum Gasteiger partial charge on any atom is 0.225 e. The van der Waals surface area contributed by atoms with Crippen LogP contribution in [0.1, 0.15) is 26.2 Å². The van der Waals surface area contributed by atoms with E-state index in [1.807, 2.05) is 11.8 Å². The third-order valence-corrected chi connectivity index (χ3v) is 4.13. The summed E-state index contributed by atoms with van der Waals surface area (Å²) in [6.07, 6.45) is 5.19. The predicted molar refractivity (Wildman–Crippen MR) is 68.9 cm³/mol. The molecule has 0 atom stereocenters. The first-order valence-electron chi connectivity index (χ1n) is 6.01. The molecule has 1 aromatic heterocycles. The molecule has 1 aliphatic heterocycles. The molecule has 0 aliphatic carbocycles. The molecule has 0 aromatic carbocycles. The summed E-state index contributed by atoms with van der Waals surface area (Å²) in [4.78, 5) is 21.7. The first kappa shape index (κ1) is 13.3. The van der Waals surface area contributed by atoms with Crippen molar-refractivity contribution >= 4 is 27.8 Å². The summed E-state index contributed by atoms with van der Waals surface area (Å²) in [7, 11) is 0. The molecule has 5 nitrogen and oxygen atoms in total. The first-order chi connectivity index (χ1) is 8.57. The smallest absolute Gasteiger partial charge is 0.225 e. The molecular formula is C12H15BrN3O2-. The van der Waals surface area contributed by atoms with Crippen LogP contribution in [-0.4, -0.2) is 29.0 Å². The zero-order valence-corrected chi connectivity index (χ0v) is 11.8. The van der Waals surface area contributed by atoms with Gasteiger partial charge in [0, 0.05) is 36.9 Å². The van der Waals surface area contributed by atoms with Crippen LogP contribution in [0.15, 0.2) is 16.9 Å². The van der Waals surface area contributed by atoms with Crippen molar-refractivity contribution in [2.75, 3.05) is 18.0 Å². The van der Waals surface area contributed by atoms with Gasteiger partial charge >= 0.3 is 0 Å². The Hall–Kier alpha value is -1.17. The first-order valence-corrected chi connectivity index (χ1v) is 6.81. The van der Waals surface area contributed by atoms with Gasteiger partial charge in [-0.2, -0.15) is 0 Å². The Morgan fingerprint density at radius 1 is 1.44 bits per heavy atom. The molecule has 0 amide bonds. The van der Waals surface area contributed by atoms with E-state index in [0.29, 0.717) is 38.3 Å². The van der Waals surface area contributed by atoms with Crippen LogP contribution in [0.4, 0.5) is 5.95 Å². The number of carboxylic acid groups (broad SMARTS) is 1. The summed E-state index contributed by atoms with van der Waals surface area (Å²) in [6.45, 7) is 3.22. The number of nitrogens with zero attached hydrogens (tertiary/aromatic N) is 3. The van der Waals surface area contributed by atoms with Gasteiger partial charge in [0.2, 0.25) is 5.95 Å². The van der Waals surface area contributed by atoms with Crippen molar-refractivity contribution in [3.63, 3.8) is 0 Å². The number of aromatic nitrogens is 2. The molecule has 6 heteroatoms. The number of aliphatic carboxylic acids is 1. The van der Waals surface area contributed by atoms with E-state index < -0.39 is 11.4 Å². The Morgan fingerprint density at radius 2 is 2.00 bits per heavy atom. The lowest BCUT2D eigenvalue weighted by Gasteiger charge is -2.42. The van der Waals surface area contributed by atoms with Gasteiger partial charge in [0.15, 0.2) is 0 Å². The monoisotopic (exact) mass is 312 g/mol. The average molecular weight is 313 g/mol. The van der Waals surface area contributed by atoms with Crippen molar-refractivity contribution in [1.82, 2.24) is 9.97 Å². The van der Waals surface area contributed by atoms with Gasteiger partial charge in [-0.1, -0.05) is 6.92 Å². The van der Waals surface area contributed by atoms with Gasteiger partial charge in [0.25, 0.3) is 0 Å². The lowest BCUT2D eigenvalue weighted by Crippen LogP contribution is -2.50. The van der Waals surface area contributed by atoms with E-state index in [2.05, 4.69) is 25.9 Å². The molecule has 0 unspecified atom stereocenters. The Labute approximate surface area is 114 Å². The van der Waals surface area contributed by atoms with Gasteiger partial charge in [0.05, 0.1) is 4.47 Å². The van der Waals surface area contributed by atoms with Crippen molar-refractivity contribution < 1.29 is 9.90 Å². The molecule has 0 bridgehead atoms. The second-order valence-corrected chi connectivity index (χ2v) is 5.53. The standard InChI is InChI=1S/C12H16BrN3O2/c1-2-12(10(17)18)3-5-16(6-4-12)11-14-7-9(13)8-15-11/h7-8H,2-6H2,1H3,(H,17,18)/p-1. The van der Waals surface area contributed by atoms with Crippen molar-refractivity contribution in [2.45, 2.75) is 26.2 Å². The molecule has 1 saturated heterocycles. The van der Waals surface area contributed by atoms with Crippen LogP contribution < -0.4 is 10.0 Å². The fraction of sp³-hybridized carbons (Fsp3) is 0.583. The lowest BCUT2D eigenvalue weighted by molar-refractivity contribution is -0.320. The molecule has 0 N–H and O–H groups in total. The molecule has 1 fully saturated rings. The predicted octanol–water partition coefficient (Wildman–Crippen LogP) is 0.986. The summed E-state index contributed by atoms with van der Waals surface area (Å²) in [6, 6.07) is 0. The number of rotatable bonds is 3. The summed E-state index contributed by atoms with van der Waals surface area (Å²) in [5.74, 6) is -0.275. The molecule has 18 heavy (non-hydrogen) atoms. The van der Waals surface area contributed by atoms with Crippen molar-refractivity contribution in [1.29, 1.82) is 0 Å². The van der Waals surface area contributed by atoms with Gasteiger partial charge < -0.3 is 14.8 Å². The number of piperidine rings is 1. The van der Waals surface area contributed by atoms with Crippen LogP contribution in [0.5, 0.6) is 0 Å². The molecule has 0 saturated carbocycles. The number of anilines is 1. The molecule has 1 aromatic rings. The van der Waals surface area contributed by atoms with Crippen LogP contribution in [-0.2, 0) is 4.79 Å². The van der Waals surface area contributed by atoms with Crippen LogP contribution in [0.2, 0.25) is 0 Å². The zero-order chi connectivity index (χ0) is 13.2. The highest BCUT2D eigenvalue weighted by atomic mass is 79.9. The Morgan fingerprint density at radius 3 is 2.44 bits per heavy atom. The number of carboxylic acids is 1. The molecule has 0 radical (unpaired) electrons. The minimum atomic E-state index is -0.929. The van der Waals surface area contributed by atoms with Gasteiger partial charge in [0.1, 0.15) is 0 Å². The average Bonchev–Trinajstić information content (AvgIpc) is 2.39. The van der Waals surface area contributed by atoms with E-state index in [9.17, 15) is 9.90 Å². The molecular weight excluding hydrogens is 298 g/mol. The highest BCUT2D eigenvalue weighted by Gasteiger charge is 2.34. The maximum atomic E-state index is 11.2. The van der Waals surface area contributed by atoms with Gasteiger partial charge in [-0.15, -0.1) is 0 Å². The summed E-state index contributed by atoms with van der Waals surface area (Å²) in [5, 5.41) is 11.2. The zero-order valence-electron chi connectivity index (χ0n) is 10.2. The quantitative estimate of drug-likeness (QED) is 0.832. The van der Waals surface area contributed by atoms with Crippen LogP contribution in [0.25, 0.3) is 0 Å². The fourth-order valence-corrected chi connectivity index (χ4v) is 2.51. The number of hydrogen-bond donors (Lipinski definition) is 0. The van der Waals surface area contributed by atoms with E-state index in [4.69, 9.17) is 0 Å².